The van der Waals surface area contributed by atoms with E-state index in [0.717, 1.165) is 89.9 Å². The molecule has 460 valence electrons. The highest BCUT2D eigenvalue weighted by atomic mass is 16.7. The fourth-order valence-corrected chi connectivity index (χ4v) is 10.2. The van der Waals surface area contributed by atoms with E-state index in [4.69, 9.17) is 23.7 Å². The summed E-state index contributed by atoms with van der Waals surface area (Å²) in [6, 6.07) is 0. The van der Waals surface area contributed by atoms with E-state index < -0.39 is 67.3 Å². The summed E-state index contributed by atoms with van der Waals surface area (Å²) in [5.74, 6) is -3.10. The molecule has 1 saturated heterocycles. The van der Waals surface area contributed by atoms with Crippen LogP contribution >= 0.6 is 0 Å². The summed E-state index contributed by atoms with van der Waals surface area (Å²) in [4.78, 5) is 51.3. The number of hydrogen-bond donors (Lipinski definition) is 3. The molecule has 0 bridgehead atoms. The fraction of sp³-hybridized carbons (Fsp3) is 0.851. The first kappa shape index (κ1) is 74.0. The molecule has 0 aromatic heterocycles. The van der Waals surface area contributed by atoms with Gasteiger partial charge >= 0.3 is 23.9 Å². The van der Waals surface area contributed by atoms with Gasteiger partial charge in [0.15, 0.2) is 24.6 Å². The summed E-state index contributed by atoms with van der Waals surface area (Å²) in [5.41, 5.74) is 0. The van der Waals surface area contributed by atoms with Crippen LogP contribution in [0.1, 0.15) is 316 Å². The van der Waals surface area contributed by atoms with E-state index in [-0.39, 0.29) is 25.9 Å². The highest BCUT2D eigenvalue weighted by Gasteiger charge is 2.50. The lowest BCUT2D eigenvalue weighted by atomic mass is 9.98. The second-order valence-electron chi connectivity index (χ2n) is 22.7. The summed E-state index contributed by atoms with van der Waals surface area (Å²) in [5, 5.41) is 31.6. The predicted molar refractivity (Wildman–Crippen MR) is 322 cm³/mol. The number of unbranched alkanes of at least 4 members (excludes halogenated alkanes) is 37. The molecule has 1 aliphatic heterocycles. The molecule has 1 heterocycles. The van der Waals surface area contributed by atoms with Crippen molar-refractivity contribution in [2.24, 2.45) is 0 Å². The van der Waals surface area contributed by atoms with Crippen molar-refractivity contribution in [3.8, 4) is 0 Å². The number of carboxylic acid groups (broad SMARTS) is 1. The third-order valence-electron chi connectivity index (χ3n) is 15.2. The van der Waals surface area contributed by atoms with Crippen LogP contribution in [-0.4, -0.2) is 89.2 Å². The number of ether oxygens (including phenoxy) is 5. The molecule has 0 aliphatic carbocycles. The van der Waals surface area contributed by atoms with Crippen molar-refractivity contribution in [2.75, 3.05) is 13.2 Å². The molecule has 3 N–H and O–H groups in total. The average molecular weight is 1120 g/mol. The Balaban J connectivity index is 2.65. The Hall–Kier alpha value is -3.06. The summed E-state index contributed by atoms with van der Waals surface area (Å²) in [7, 11) is 0. The van der Waals surface area contributed by atoms with Gasteiger partial charge in [-0.2, -0.15) is 0 Å². The van der Waals surface area contributed by atoms with Gasteiger partial charge in [-0.25, -0.2) is 4.79 Å². The van der Waals surface area contributed by atoms with Gasteiger partial charge in [0, 0.05) is 19.3 Å². The van der Waals surface area contributed by atoms with Gasteiger partial charge in [0.2, 0.25) is 0 Å². The van der Waals surface area contributed by atoms with E-state index in [9.17, 15) is 34.5 Å². The predicted octanol–water partition coefficient (Wildman–Crippen LogP) is 17.6. The standard InChI is InChI=1S/C67H120O12/c1-4-7-10-13-16-19-22-25-28-30-33-35-38-41-44-47-50-53-59(68)75-56-58(77-60(69)54-51-48-45-42-39-37-34-31-29-26-23-20-17-14-11-8-5-2)57-76-67-65(63(72)62(71)64(79-67)66(73)74)78-61(70)55-52-49-46-43-40-36-32-27-24-21-18-15-12-9-6-3/h9,12,18,21,27,32,58,62-65,67,71-72H,4-8,10-11,13-17,19-20,22-26,28-31,33-57H2,1-3H3,(H,73,74)/b12-9-,21-18-,32-27-. The van der Waals surface area contributed by atoms with Crippen molar-refractivity contribution in [3.63, 3.8) is 0 Å². The number of carboxylic acids is 1. The van der Waals surface area contributed by atoms with Crippen LogP contribution in [0.5, 0.6) is 0 Å². The number of rotatable bonds is 57. The molecule has 0 radical (unpaired) electrons. The summed E-state index contributed by atoms with van der Waals surface area (Å²) in [6.45, 7) is 5.93. The highest BCUT2D eigenvalue weighted by Crippen LogP contribution is 2.27. The maximum atomic E-state index is 13.2. The third kappa shape index (κ3) is 45.2. The molecule has 1 aliphatic rings. The van der Waals surface area contributed by atoms with Crippen molar-refractivity contribution in [1.82, 2.24) is 0 Å². The van der Waals surface area contributed by atoms with E-state index in [2.05, 4.69) is 57.2 Å². The zero-order chi connectivity index (χ0) is 57.5. The third-order valence-corrected chi connectivity index (χ3v) is 15.2. The van der Waals surface area contributed by atoms with Gasteiger partial charge in [0.05, 0.1) is 6.61 Å². The van der Waals surface area contributed by atoms with Crippen LogP contribution in [0.15, 0.2) is 36.5 Å². The van der Waals surface area contributed by atoms with Crippen LogP contribution in [0, 0.1) is 0 Å². The Labute approximate surface area is 482 Å². The van der Waals surface area contributed by atoms with Crippen LogP contribution in [0.4, 0.5) is 0 Å². The molecule has 12 nitrogen and oxygen atoms in total. The second-order valence-corrected chi connectivity index (χ2v) is 22.7. The first-order valence-electron chi connectivity index (χ1n) is 33.0. The van der Waals surface area contributed by atoms with Gasteiger partial charge in [-0.15, -0.1) is 0 Å². The van der Waals surface area contributed by atoms with E-state index >= 15 is 0 Å². The SMILES string of the molecule is CC/C=C\C/C=C\C/C=C\CCCCCCCC(=O)OC1C(OCC(COC(=O)CCCCCCCCCCCCCCCCCCC)OC(=O)CCCCCCCCCCCCCCCCCCC)OC(C(=O)O)C(O)C1O. The molecule has 6 atom stereocenters. The molecule has 0 aromatic rings. The van der Waals surface area contributed by atoms with E-state index in [0.29, 0.717) is 19.3 Å². The molecule has 1 fully saturated rings. The van der Waals surface area contributed by atoms with Crippen LogP contribution < -0.4 is 0 Å². The molecule has 1 rings (SSSR count). The monoisotopic (exact) mass is 1120 g/mol. The van der Waals surface area contributed by atoms with Crippen LogP contribution in [0.3, 0.4) is 0 Å². The molecule has 0 spiro atoms. The van der Waals surface area contributed by atoms with Crippen LogP contribution in [0.25, 0.3) is 0 Å². The Bertz CT molecular complexity index is 1510. The first-order chi connectivity index (χ1) is 38.6. The Morgan fingerprint density at radius 2 is 0.797 bits per heavy atom. The van der Waals surface area contributed by atoms with Gasteiger partial charge in [-0.1, -0.05) is 282 Å². The van der Waals surface area contributed by atoms with Gasteiger partial charge in [0.1, 0.15) is 18.8 Å². The number of allylic oxidation sites excluding steroid dienone is 6. The van der Waals surface area contributed by atoms with E-state index in [1.807, 2.05) is 0 Å². The maximum Gasteiger partial charge on any atom is 0.335 e. The topological polar surface area (TPSA) is 175 Å². The lowest BCUT2D eigenvalue weighted by molar-refractivity contribution is -0.301. The molecule has 0 aromatic carbocycles. The minimum absolute atomic E-state index is 0.0447. The molecule has 12 heteroatoms. The van der Waals surface area contributed by atoms with Crippen molar-refractivity contribution >= 4 is 23.9 Å². The summed E-state index contributed by atoms with van der Waals surface area (Å²) >= 11 is 0. The zero-order valence-electron chi connectivity index (χ0n) is 50.9. The van der Waals surface area contributed by atoms with Gasteiger partial charge in [-0.05, 0) is 51.4 Å². The number of hydrogen-bond acceptors (Lipinski definition) is 11. The highest BCUT2D eigenvalue weighted by molar-refractivity contribution is 5.74. The van der Waals surface area contributed by atoms with Gasteiger partial charge in [-0.3, -0.25) is 14.4 Å². The van der Waals surface area contributed by atoms with Crippen molar-refractivity contribution in [1.29, 1.82) is 0 Å². The van der Waals surface area contributed by atoms with Crippen molar-refractivity contribution in [3.05, 3.63) is 36.5 Å². The van der Waals surface area contributed by atoms with Crippen molar-refractivity contribution in [2.45, 2.75) is 353 Å². The van der Waals surface area contributed by atoms with Gasteiger partial charge in [0.25, 0.3) is 0 Å². The van der Waals surface area contributed by atoms with Gasteiger partial charge < -0.3 is 39.0 Å². The first-order valence-corrected chi connectivity index (χ1v) is 33.0. The molecule has 6 unspecified atom stereocenters. The zero-order valence-corrected chi connectivity index (χ0v) is 50.9. The lowest BCUT2D eigenvalue weighted by Crippen LogP contribution is -2.61. The number of aliphatic carboxylic acids is 1. The van der Waals surface area contributed by atoms with Crippen molar-refractivity contribution < 1.29 is 58.2 Å². The second kappa shape index (κ2) is 55.5. The number of esters is 3. The summed E-state index contributed by atoms with van der Waals surface area (Å²) in [6.07, 6.45) is 53.9. The summed E-state index contributed by atoms with van der Waals surface area (Å²) < 4.78 is 28.6. The molecular formula is C67H120O12. The largest absolute Gasteiger partial charge is 0.479 e. The molecule has 79 heavy (non-hydrogen) atoms. The Morgan fingerprint density at radius 3 is 1.22 bits per heavy atom. The number of carbonyl (C=O) groups is 4. The normalized spacial score (nSPS) is 18.0. The lowest BCUT2D eigenvalue weighted by Gasteiger charge is -2.40. The minimum Gasteiger partial charge on any atom is -0.479 e. The van der Waals surface area contributed by atoms with E-state index in [1.165, 1.54) is 167 Å². The average Bonchev–Trinajstić information content (AvgIpc) is 3.43. The fourth-order valence-electron chi connectivity index (χ4n) is 10.2. The smallest absolute Gasteiger partial charge is 0.335 e. The Kier molecular flexibility index (Phi) is 51.9. The molecule has 0 saturated carbocycles. The Morgan fingerprint density at radius 1 is 0.430 bits per heavy atom. The maximum absolute atomic E-state index is 13.2. The number of aliphatic hydroxyl groups is 2. The number of aliphatic hydroxyl groups excluding tert-OH is 2. The molecule has 0 amide bonds. The minimum atomic E-state index is -1.91. The van der Waals surface area contributed by atoms with Crippen LogP contribution in [-0.2, 0) is 42.9 Å². The van der Waals surface area contributed by atoms with Crippen LogP contribution in [0.2, 0.25) is 0 Å². The van der Waals surface area contributed by atoms with E-state index in [1.54, 1.807) is 0 Å². The molecular weight excluding hydrogens is 997 g/mol. The quantitative estimate of drug-likeness (QED) is 0.0228. The number of carbonyl (C=O) groups excluding carboxylic acids is 3.